The number of hydrogen-bond donors (Lipinski definition) is 1. The van der Waals surface area contributed by atoms with Crippen LogP contribution in [0.1, 0.15) is 36.8 Å². The van der Waals surface area contributed by atoms with Gasteiger partial charge in [-0.05, 0) is 30.5 Å². The second-order valence-electron chi connectivity index (χ2n) is 5.07. The SMILES string of the molecule is CNc1cc(C)nc(COc2ccc(C(C)C)cc2)n1. The molecule has 0 saturated carbocycles. The third kappa shape index (κ3) is 3.70. The standard InChI is InChI=1S/C16H21N3O/c1-11(2)13-5-7-14(8-6-13)20-10-16-18-12(3)9-15(17-4)19-16/h5-9,11H,10H2,1-4H3,(H,17,18,19). The van der Waals surface area contributed by atoms with E-state index in [1.807, 2.05) is 32.2 Å². The Morgan fingerprint density at radius 2 is 1.85 bits per heavy atom. The Labute approximate surface area is 120 Å². The van der Waals surface area contributed by atoms with Gasteiger partial charge in [0.2, 0.25) is 0 Å². The zero-order chi connectivity index (χ0) is 14.5. The monoisotopic (exact) mass is 271 g/mol. The molecule has 1 aromatic heterocycles. The van der Waals surface area contributed by atoms with Gasteiger partial charge in [-0.1, -0.05) is 26.0 Å². The van der Waals surface area contributed by atoms with Gasteiger partial charge in [-0.15, -0.1) is 0 Å². The molecule has 2 aromatic rings. The number of aromatic nitrogens is 2. The predicted molar refractivity (Wildman–Crippen MR) is 81.2 cm³/mol. The lowest BCUT2D eigenvalue weighted by atomic mass is 10.0. The van der Waals surface area contributed by atoms with E-state index < -0.39 is 0 Å². The molecule has 0 unspecified atom stereocenters. The summed E-state index contributed by atoms with van der Waals surface area (Å²) >= 11 is 0. The van der Waals surface area contributed by atoms with Crippen molar-refractivity contribution in [3.8, 4) is 5.75 Å². The van der Waals surface area contributed by atoms with Crippen LogP contribution in [0.3, 0.4) is 0 Å². The molecule has 0 amide bonds. The maximum atomic E-state index is 5.73. The molecule has 0 saturated heterocycles. The number of nitrogens with one attached hydrogen (secondary N) is 1. The maximum absolute atomic E-state index is 5.73. The minimum Gasteiger partial charge on any atom is -0.486 e. The number of nitrogens with zero attached hydrogens (tertiary/aromatic N) is 2. The fourth-order valence-electron chi connectivity index (χ4n) is 1.92. The van der Waals surface area contributed by atoms with E-state index in [-0.39, 0.29) is 0 Å². The summed E-state index contributed by atoms with van der Waals surface area (Å²) < 4.78 is 5.73. The highest BCUT2D eigenvalue weighted by Crippen LogP contribution is 2.19. The first-order valence-corrected chi connectivity index (χ1v) is 6.83. The third-order valence-electron chi connectivity index (χ3n) is 3.07. The van der Waals surface area contributed by atoms with Gasteiger partial charge < -0.3 is 10.1 Å². The average Bonchev–Trinajstić information content (AvgIpc) is 2.45. The van der Waals surface area contributed by atoms with Crippen molar-refractivity contribution in [1.82, 2.24) is 9.97 Å². The van der Waals surface area contributed by atoms with Crippen molar-refractivity contribution in [2.75, 3.05) is 12.4 Å². The van der Waals surface area contributed by atoms with Crippen LogP contribution in [-0.2, 0) is 6.61 Å². The summed E-state index contributed by atoms with van der Waals surface area (Å²) in [5.74, 6) is 2.86. The minimum atomic E-state index is 0.372. The lowest BCUT2D eigenvalue weighted by molar-refractivity contribution is 0.295. The molecule has 0 bridgehead atoms. The minimum absolute atomic E-state index is 0.372. The molecular weight excluding hydrogens is 250 g/mol. The van der Waals surface area contributed by atoms with E-state index in [0.717, 1.165) is 17.3 Å². The van der Waals surface area contributed by atoms with Crippen LogP contribution in [0, 0.1) is 6.92 Å². The smallest absolute Gasteiger partial charge is 0.168 e. The second-order valence-corrected chi connectivity index (χ2v) is 5.07. The van der Waals surface area contributed by atoms with Crippen molar-refractivity contribution in [3.05, 3.63) is 47.4 Å². The highest BCUT2D eigenvalue weighted by atomic mass is 16.5. The molecule has 4 heteroatoms. The van der Waals surface area contributed by atoms with Gasteiger partial charge in [-0.3, -0.25) is 0 Å². The molecular formula is C16H21N3O. The summed E-state index contributed by atoms with van der Waals surface area (Å²) in [5, 5.41) is 3.02. The molecule has 0 aliphatic rings. The number of ether oxygens (including phenoxy) is 1. The largest absolute Gasteiger partial charge is 0.486 e. The molecule has 1 N–H and O–H groups in total. The Bertz CT molecular complexity index is 564. The third-order valence-corrected chi connectivity index (χ3v) is 3.07. The Balaban J connectivity index is 2.03. The van der Waals surface area contributed by atoms with Crippen LogP contribution in [0.2, 0.25) is 0 Å². The molecule has 1 aromatic carbocycles. The Morgan fingerprint density at radius 3 is 2.45 bits per heavy atom. The number of aryl methyl sites for hydroxylation is 1. The molecule has 2 rings (SSSR count). The average molecular weight is 271 g/mol. The fourth-order valence-corrected chi connectivity index (χ4v) is 1.92. The van der Waals surface area contributed by atoms with Crippen molar-refractivity contribution in [3.63, 3.8) is 0 Å². The molecule has 106 valence electrons. The molecule has 0 aliphatic heterocycles. The van der Waals surface area contributed by atoms with Crippen molar-refractivity contribution < 1.29 is 4.74 Å². The van der Waals surface area contributed by atoms with Gasteiger partial charge in [-0.2, -0.15) is 0 Å². The van der Waals surface area contributed by atoms with Gasteiger partial charge in [0.15, 0.2) is 5.82 Å². The summed E-state index contributed by atoms with van der Waals surface area (Å²) in [6.07, 6.45) is 0. The zero-order valence-corrected chi connectivity index (χ0v) is 12.5. The van der Waals surface area contributed by atoms with Crippen molar-refractivity contribution in [1.29, 1.82) is 0 Å². The number of benzene rings is 1. The van der Waals surface area contributed by atoms with Gasteiger partial charge in [-0.25, -0.2) is 9.97 Å². The van der Waals surface area contributed by atoms with Gasteiger partial charge >= 0.3 is 0 Å². The molecule has 0 aliphatic carbocycles. The molecule has 0 spiro atoms. The lowest BCUT2D eigenvalue weighted by Gasteiger charge is -2.09. The van der Waals surface area contributed by atoms with E-state index in [1.165, 1.54) is 5.56 Å². The van der Waals surface area contributed by atoms with Crippen LogP contribution >= 0.6 is 0 Å². The van der Waals surface area contributed by atoms with Gasteiger partial charge in [0.1, 0.15) is 18.2 Å². The summed E-state index contributed by atoms with van der Waals surface area (Å²) in [7, 11) is 1.84. The van der Waals surface area contributed by atoms with E-state index in [9.17, 15) is 0 Å². The Morgan fingerprint density at radius 1 is 1.15 bits per heavy atom. The molecule has 20 heavy (non-hydrogen) atoms. The first-order chi connectivity index (χ1) is 9.58. The first-order valence-electron chi connectivity index (χ1n) is 6.83. The highest BCUT2D eigenvalue weighted by Gasteiger charge is 2.03. The maximum Gasteiger partial charge on any atom is 0.168 e. The van der Waals surface area contributed by atoms with Gasteiger partial charge in [0.25, 0.3) is 0 Å². The summed E-state index contributed by atoms with van der Waals surface area (Å²) in [6.45, 7) is 6.67. The van der Waals surface area contributed by atoms with Crippen molar-refractivity contribution in [2.24, 2.45) is 0 Å². The number of anilines is 1. The lowest BCUT2D eigenvalue weighted by Crippen LogP contribution is -2.05. The number of hydrogen-bond acceptors (Lipinski definition) is 4. The van der Waals surface area contributed by atoms with Crippen molar-refractivity contribution >= 4 is 5.82 Å². The quantitative estimate of drug-likeness (QED) is 0.903. The molecule has 0 fully saturated rings. The molecule has 0 atom stereocenters. The zero-order valence-electron chi connectivity index (χ0n) is 12.5. The summed E-state index contributed by atoms with van der Waals surface area (Å²) in [5.41, 5.74) is 2.24. The van der Waals surface area contributed by atoms with E-state index in [0.29, 0.717) is 18.3 Å². The van der Waals surface area contributed by atoms with Crippen LogP contribution in [0.15, 0.2) is 30.3 Å². The van der Waals surface area contributed by atoms with E-state index >= 15 is 0 Å². The highest BCUT2D eigenvalue weighted by molar-refractivity contribution is 5.35. The molecule has 0 radical (unpaired) electrons. The van der Waals surface area contributed by atoms with Crippen LogP contribution in [0.25, 0.3) is 0 Å². The van der Waals surface area contributed by atoms with E-state index in [1.54, 1.807) is 0 Å². The van der Waals surface area contributed by atoms with Crippen LogP contribution in [0.4, 0.5) is 5.82 Å². The summed E-state index contributed by atoms with van der Waals surface area (Å²) in [6, 6.07) is 10.1. The van der Waals surface area contributed by atoms with Crippen LogP contribution < -0.4 is 10.1 Å². The topological polar surface area (TPSA) is 47.0 Å². The van der Waals surface area contributed by atoms with Gasteiger partial charge in [0, 0.05) is 18.8 Å². The van der Waals surface area contributed by atoms with Crippen LogP contribution in [0.5, 0.6) is 5.75 Å². The van der Waals surface area contributed by atoms with Gasteiger partial charge in [0.05, 0.1) is 0 Å². The fraction of sp³-hybridized carbons (Fsp3) is 0.375. The molecule has 1 heterocycles. The molecule has 4 nitrogen and oxygen atoms in total. The first kappa shape index (κ1) is 14.3. The van der Waals surface area contributed by atoms with E-state index in [2.05, 4.69) is 41.3 Å². The number of rotatable bonds is 5. The van der Waals surface area contributed by atoms with E-state index in [4.69, 9.17) is 4.74 Å². The van der Waals surface area contributed by atoms with Crippen LogP contribution in [-0.4, -0.2) is 17.0 Å². The second kappa shape index (κ2) is 6.37. The summed E-state index contributed by atoms with van der Waals surface area (Å²) in [4.78, 5) is 8.73. The predicted octanol–water partition coefficient (Wildman–Crippen LogP) is 3.53. The van der Waals surface area contributed by atoms with Crippen molar-refractivity contribution in [2.45, 2.75) is 33.3 Å². The Kier molecular flexibility index (Phi) is 4.56. The Hall–Kier alpha value is -2.10. The normalized spacial score (nSPS) is 10.7.